The van der Waals surface area contributed by atoms with Gasteiger partial charge in [0.15, 0.2) is 23.6 Å². The Morgan fingerprint density at radius 2 is 1.70 bits per heavy atom. The van der Waals surface area contributed by atoms with Crippen molar-refractivity contribution >= 4 is 29.8 Å². The molecule has 12 nitrogen and oxygen atoms in total. The maximum Gasteiger partial charge on any atom is 0.343 e. The standard InChI is InChI=1S/C34H36N2O10/c1-19(2)31(38)45-28-21(4)44-34(41)25(18-43-33(40)24(28)17-22-9-7-6-8-10-22)36-30(37)27-29(26(42-5)15-16-35-27)46-32(39)23-13-11-20(3)12-14-23/h6-16,19,21,24-25,28H,17-18H2,1-5H3,(H,36,37)/t21-,24+,25?,28?/m0/s1. The van der Waals surface area contributed by atoms with Crippen molar-refractivity contribution in [2.75, 3.05) is 13.7 Å². The number of pyridine rings is 1. The molecule has 242 valence electrons. The van der Waals surface area contributed by atoms with Crippen LogP contribution in [0.25, 0.3) is 0 Å². The number of rotatable bonds is 9. The molecular formula is C34H36N2O10. The zero-order valence-electron chi connectivity index (χ0n) is 26.2. The van der Waals surface area contributed by atoms with Crippen LogP contribution in [0.4, 0.5) is 0 Å². The van der Waals surface area contributed by atoms with E-state index in [-0.39, 0.29) is 29.2 Å². The molecule has 1 fully saturated rings. The number of esters is 4. The number of aromatic nitrogens is 1. The van der Waals surface area contributed by atoms with Gasteiger partial charge >= 0.3 is 23.9 Å². The average Bonchev–Trinajstić information content (AvgIpc) is 3.07. The zero-order chi connectivity index (χ0) is 33.4. The van der Waals surface area contributed by atoms with Crippen molar-refractivity contribution in [2.45, 2.75) is 52.4 Å². The predicted molar refractivity (Wildman–Crippen MR) is 163 cm³/mol. The fourth-order valence-electron chi connectivity index (χ4n) is 4.67. The minimum absolute atomic E-state index is 0.0382. The van der Waals surface area contributed by atoms with E-state index in [4.69, 9.17) is 23.7 Å². The van der Waals surface area contributed by atoms with Gasteiger partial charge in [-0.05, 0) is 38.0 Å². The number of ether oxygens (including phenoxy) is 5. The smallest absolute Gasteiger partial charge is 0.343 e. The van der Waals surface area contributed by atoms with Gasteiger partial charge in [0, 0.05) is 12.3 Å². The molecule has 1 aromatic heterocycles. The van der Waals surface area contributed by atoms with Gasteiger partial charge < -0.3 is 29.0 Å². The molecule has 0 aliphatic carbocycles. The molecule has 1 saturated heterocycles. The number of methoxy groups -OCH3 is 1. The molecule has 0 spiro atoms. The Morgan fingerprint density at radius 1 is 1.00 bits per heavy atom. The molecule has 0 bridgehead atoms. The fourth-order valence-corrected chi connectivity index (χ4v) is 4.67. The second-order valence-electron chi connectivity index (χ2n) is 11.1. The largest absolute Gasteiger partial charge is 0.493 e. The number of benzene rings is 2. The molecule has 1 aliphatic heterocycles. The van der Waals surface area contributed by atoms with Crippen molar-refractivity contribution in [3.05, 3.63) is 89.2 Å². The van der Waals surface area contributed by atoms with Gasteiger partial charge in [-0.1, -0.05) is 61.9 Å². The number of hydrogen-bond donors (Lipinski definition) is 1. The predicted octanol–water partition coefficient (Wildman–Crippen LogP) is 3.63. The number of aryl methyl sites for hydroxylation is 1. The summed E-state index contributed by atoms with van der Waals surface area (Å²) in [7, 11) is 1.32. The van der Waals surface area contributed by atoms with Gasteiger partial charge in [0.1, 0.15) is 18.6 Å². The normalized spacial score (nSPS) is 19.9. The van der Waals surface area contributed by atoms with Crippen LogP contribution >= 0.6 is 0 Å². The average molecular weight is 633 g/mol. The molecule has 2 heterocycles. The minimum atomic E-state index is -1.48. The molecule has 3 aromatic rings. The highest BCUT2D eigenvalue weighted by atomic mass is 16.6. The molecule has 1 aliphatic rings. The van der Waals surface area contributed by atoms with E-state index in [2.05, 4.69) is 10.3 Å². The summed E-state index contributed by atoms with van der Waals surface area (Å²) in [5.74, 6) is -5.75. The summed E-state index contributed by atoms with van der Waals surface area (Å²) in [4.78, 5) is 69.9. The van der Waals surface area contributed by atoms with E-state index >= 15 is 0 Å². The summed E-state index contributed by atoms with van der Waals surface area (Å²) in [6, 6.07) is 15.6. The number of carbonyl (C=O) groups excluding carboxylic acids is 5. The van der Waals surface area contributed by atoms with Crippen LogP contribution in [0.2, 0.25) is 0 Å². The van der Waals surface area contributed by atoms with Crippen LogP contribution in [0.3, 0.4) is 0 Å². The lowest BCUT2D eigenvalue weighted by atomic mass is 9.91. The lowest BCUT2D eigenvalue weighted by Crippen LogP contribution is -2.47. The molecular weight excluding hydrogens is 596 g/mol. The third-order valence-corrected chi connectivity index (χ3v) is 7.25. The van der Waals surface area contributed by atoms with Gasteiger partial charge in [-0.3, -0.25) is 14.4 Å². The van der Waals surface area contributed by atoms with Crippen LogP contribution < -0.4 is 14.8 Å². The van der Waals surface area contributed by atoms with Gasteiger partial charge in [-0.15, -0.1) is 0 Å². The van der Waals surface area contributed by atoms with Crippen LogP contribution in [-0.4, -0.2) is 66.7 Å². The SMILES string of the molecule is COc1ccnc(C(=O)NC2COC(=O)[C@H](Cc3ccccc3)C(OC(=O)C(C)C)[C@H](C)OC2=O)c1OC(=O)c1ccc(C)cc1. The summed E-state index contributed by atoms with van der Waals surface area (Å²) in [6.07, 6.45) is -0.857. The van der Waals surface area contributed by atoms with Gasteiger partial charge in [0.05, 0.1) is 18.6 Å². The first-order valence-corrected chi connectivity index (χ1v) is 14.7. The molecule has 1 N–H and O–H groups in total. The number of hydrogen-bond acceptors (Lipinski definition) is 11. The van der Waals surface area contributed by atoms with E-state index in [1.165, 1.54) is 26.3 Å². The molecule has 12 heteroatoms. The van der Waals surface area contributed by atoms with Crippen molar-refractivity contribution in [1.29, 1.82) is 0 Å². The van der Waals surface area contributed by atoms with E-state index in [0.717, 1.165) is 11.1 Å². The highest BCUT2D eigenvalue weighted by Crippen LogP contribution is 2.31. The van der Waals surface area contributed by atoms with Crippen molar-refractivity contribution in [2.24, 2.45) is 11.8 Å². The van der Waals surface area contributed by atoms with Gasteiger partial charge in [0.25, 0.3) is 5.91 Å². The molecule has 0 radical (unpaired) electrons. The first kappa shape index (κ1) is 33.6. The fraction of sp³-hybridized carbons (Fsp3) is 0.353. The van der Waals surface area contributed by atoms with Crippen LogP contribution in [-0.2, 0) is 35.0 Å². The molecule has 46 heavy (non-hydrogen) atoms. The van der Waals surface area contributed by atoms with Crippen LogP contribution in [0.15, 0.2) is 66.9 Å². The van der Waals surface area contributed by atoms with E-state index in [0.29, 0.717) is 0 Å². The summed E-state index contributed by atoms with van der Waals surface area (Å²) in [6.45, 7) is 6.06. The molecule has 4 rings (SSSR count). The summed E-state index contributed by atoms with van der Waals surface area (Å²) in [5, 5.41) is 2.46. The Labute approximate surface area is 266 Å². The lowest BCUT2D eigenvalue weighted by Gasteiger charge is -2.29. The van der Waals surface area contributed by atoms with Crippen molar-refractivity contribution in [1.82, 2.24) is 10.3 Å². The number of nitrogens with one attached hydrogen (secondary N) is 1. The number of cyclic esters (lactones) is 2. The molecule has 2 aromatic carbocycles. The van der Waals surface area contributed by atoms with E-state index in [1.807, 2.05) is 25.1 Å². The highest BCUT2D eigenvalue weighted by Gasteiger charge is 2.42. The monoisotopic (exact) mass is 632 g/mol. The minimum Gasteiger partial charge on any atom is -0.493 e. The maximum atomic E-state index is 13.5. The first-order valence-electron chi connectivity index (χ1n) is 14.7. The Morgan fingerprint density at radius 3 is 2.35 bits per heavy atom. The molecule has 0 saturated carbocycles. The van der Waals surface area contributed by atoms with Gasteiger partial charge in [0.2, 0.25) is 5.75 Å². The quantitative estimate of drug-likeness (QED) is 0.271. The first-order chi connectivity index (χ1) is 22.0. The van der Waals surface area contributed by atoms with Gasteiger partial charge in [-0.25, -0.2) is 14.6 Å². The Hall–Kier alpha value is -5.26. The summed E-state index contributed by atoms with van der Waals surface area (Å²) >= 11 is 0. The number of amides is 1. The Balaban J connectivity index is 1.59. The molecule has 2 unspecified atom stereocenters. The maximum absolute atomic E-state index is 13.5. The van der Waals surface area contributed by atoms with Crippen LogP contribution in [0.5, 0.6) is 11.5 Å². The second-order valence-corrected chi connectivity index (χ2v) is 11.1. The highest BCUT2D eigenvalue weighted by molar-refractivity contribution is 6.00. The summed E-state index contributed by atoms with van der Waals surface area (Å²) in [5.41, 5.74) is 1.57. The Bertz CT molecular complexity index is 1570. The van der Waals surface area contributed by atoms with Gasteiger partial charge in [-0.2, -0.15) is 0 Å². The zero-order valence-corrected chi connectivity index (χ0v) is 26.2. The van der Waals surface area contributed by atoms with Crippen LogP contribution in [0, 0.1) is 18.8 Å². The Kier molecular flexibility index (Phi) is 11.1. The molecule has 4 atom stereocenters. The second kappa shape index (κ2) is 15.2. The lowest BCUT2D eigenvalue weighted by molar-refractivity contribution is -0.176. The van der Waals surface area contributed by atoms with Crippen LogP contribution in [0.1, 0.15) is 52.7 Å². The van der Waals surface area contributed by atoms with Crippen molar-refractivity contribution in [3.8, 4) is 11.5 Å². The third-order valence-electron chi connectivity index (χ3n) is 7.25. The third kappa shape index (κ3) is 8.26. The topological polar surface area (TPSA) is 156 Å². The number of nitrogens with zero attached hydrogens (tertiary/aromatic N) is 1. The van der Waals surface area contributed by atoms with E-state index < -0.39 is 66.5 Å². The van der Waals surface area contributed by atoms with E-state index in [9.17, 15) is 24.0 Å². The molecule has 1 amide bonds. The number of carbonyl (C=O) groups is 5. The van der Waals surface area contributed by atoms with Crippen molar-refractivity contribution < 1.29 is 47.7 Å². The van der Waals surface area contributed by atoms with Crippen molar-refractivity contribution in [3.63, 3.8) is 0 Å². The van der Waals surface area contributed by atoms with E-state index in [1.54, 1.807) is 50.2 Å². The summed E-state index contributed by atoms with van der Waals surface area (Å²) < 4.78 is 27.7.